The van der Waals surface area contributed by atoms with Gasteiger partial charge < -0.3 is 19.7 Å². The molecular weight excluding hydrogens is 352 g/mol. The fourth-order valence-corrected chi connectivity index (χ4v) is 3.86. The number of rotatable bonds is 8. The summed E-state index contributed by atoms with van der Waals surface area (Å²) >= 11 is 0. The first-order valence-electron chi connectivity index (χ1n) is 9.99. The average Bonchev–Trinajstić information content (AvgIpc) is 2.74. The summed E-state index contributed by atoms with van der Waals surface area (Å²) in [4.78, 5) is 15.3. The molecule has 5 nitrogen and oxygen atoms in total. The highest BCUT2D eigenvalue weighted by Crippen LogP contribution is 2.28. The van der Waals surface area contributed by atoms with Crippen molar-refractivity contribution in [3.8, 4) is 11.5 Å². The quantitative estimate of drug-likeness (QED) is 0.759. The van der Waals surface area contributed by atoms with Crippen molar-refractivity contribution in [2.45, 2.75) is 31.7 Å². The summed E-state index contributed by atoms with van der Waals surface area (Å²) in [7, 11) is 3.14. The first-order chi connectivity index (χ1) is 13.7. The van der Waals surface area contributed by atoms with E-state index in [0.29, 0.717) is 17.1 Å². The summed E-state index contributed by atoms with van der Waals surface area (Å²) in [5.74, 6) is 0.935. The van der Waals surface area contributed by atoms with Crippen LogP contribution in [0.1, 0.15) is 35.2 Å². The van der Waals surface area contributed by atoms with Gasteiger partial charge in [0.25, 0.3) is 5.91 Å². The Morgan fingerprint density at radius 2 is 1.79 bits per heavy atom. The fraction of sp³-hybridized carbons (Fsp3) is 0.435. The Labute approximate surface area is 167 Å². The zero-order valence-electron chi connectivity index (χ0n) is 16.8. The van der Waals surface area contributed by atoms with Crippen LogP contribution in [0.15, 0.2) is 48.5 Å². The Kier molecular flexibility index (Phi) is 7.31. The van der Waals surface area contributed by atoms with Crippen molar-refractivity contribution in [3.63, 3.8) is 0 Å². The molecule has 1 unspecified atom stereocenters. The summed E-state index contributed by atoms with van der Waals surface area (Å²) in [5.41, 5.74) is 1.85. The molecule has 0 bridgehead atoms. The molecule has 0 aromatic heterocycles. The monoisotopic (exact) mass is 382 g/mol. The predicted molar refractivity (Wildman–Crippen MR) is 111 cm³/mol. The van der Waals surface area contributed by atoms with Crippen molar-refractivity contribution < 1.29 is 14.3 Å². The average molecular weight is 383 g/mol. The molecule has 28 heavy (non-hydrogen) atoms. The minimum atomic E-state index is -0.134. The molecule has 0 saturated carbocycles. The fourth-order valence-electron chi connectivity index (χ4n) is 3.86. The van der Waals surface area contributed by atoms with E-state index in [0.717, 1.165) is 45.3 Å². The number of piperidine rings is 1. The van der Waals surface area contributed by atoms with Gasteiger partial charge in [-0.05, 0) is 56.5 Å². The summed E-state index contributed by atoms with van der Waals surface area (Å²) in [6.07, 6.45) is 4.32. The van der Waals surface area contributed by atoms with Gasteiger partial charge in [0.05, 0.1) is 14.2 Å². The standard InChI is InChI=1S/C23H30N2O3/c1-27-20-13-6-14-21(28-2)22(20)23(26)24-19-12-8-16-25(17-19)15-7-11-18-9-4-3-5-10-18/h3-6,9-10,13-14,19H,7-8,11-12,15-17H2,1-2H3,(H,24,26). The molecule has 150 valence electrons. The van der Waals surface area contributed by atoms with Gasteiger partial charge in [-0.3, -0.25) is 4.79 Å². The Hall–Kier alpha value is -2.53. The first-order valence-corrected chi connectivity index (χ1v) is 9.99. The van der Waals surface area contributed by atoms with E-state index in [1.54, 1.807) is 26.4 Å². The summed E-state index contributed by atoms with van der Waals surface area (Å²) in [5, 5.41) is 3.18. The second kappa shape index (κ2) is 10.1. The molecule has 1 aliphatic heterocycles. The largest absolute Gasteiger partial charge is 0.496 e. The van der Waals surface area contributed by atoms with Crippen LogP contribution in [-0.4, -0.2) is 50.7 Å². The highest BCUT2D eigenvalue weighted by Gasteiger charge is 2.24. The van der Waals surface area contributed by atoms with Crippen LogP contribution in [0.2, 0.25) is 0 Å². The van der Waals surface area contributed by atoms with E-state index in [2.05, 4.69) is 40.5 Å². The van der Waals surface area contributed by atoms with E-state index in [1.165, 1.54) is 5.56 Å². The number of ether oxygens (including phenoxy) is 2. The van der Waals surface area contributed by atoms with Crippen LogP contribution in [0, 0.1) is 0 Å². The number of likely N-dealkylation sites (tertiary alicyclic amines) is 1. The Bertz CT molecular complexity index is 741. The molecule has 1 aliphatic rings. The van der Waals surface area contributed by atoms with Gasteiger partial charge in [-0.25, -0.2) is 0 Å². The zero-order chi connectivity index (χ0) is 19.8. The first kappa shape index (κ1) is 20.2. The summed E-state index contributed by atoms with van der Waals surface area (Å²) in [6.45, 7) is 3.04. The zero-order valence-corrected chi connectivity index (χ0v) is 16.8. The molecule has 1 fully saturated rings. The maximum atomic E-state index is 12.9. The highest BCUT2D eigenvalue weighted by atomic mass is 16.5. The summed E-state index contributed by atoms with van der Waals surface area (Å²) < 4.78 is 10.7. The van der Waals surface area contributed by atoms with E-state index in [1.807, 2.05) is 6.07 Å². The van der Waals surface area contributed by atoms with Crippen LogP contribution in [0.5, 0.6) is 11.5 Å². The normalized spacial score (nSPS) is 17.1. The van der Waals surface area contributed by atoms with Crippen LogP contribution in [-0.2, 0) is 6.42 Å². The van der Waals surface area contributed by atoms with Crippen LogP contribution in [0.25, 0.3) is 0 Å². The van der Waals surface area contributed by atoms with Crippen LogP contribution in [0.3, 0.4) is 0 Å². The molecule has 1 N–H and O–H groups in total. The molecule has 1 heterocycles. The number of nitrogens with zero attached hydrogens (tertiary/aromatic N) is 1. The molecule has 0 radical (unpaired) electrons. The number of amides is 1. The number of carbonyl (C=O) groups is 1. The number of nitrogens with one attached hydrogen (secondary N) is 1. The third-order valence-corrected chi connectivity index (χ3v) is 5.28. The van der Waals surface area contributed by atoms with E-state index in [9.17, 15) is 4.79 Å². The van der Waals surface area contributed by atoms with E-state index in [-0.39, 0.29) is 11.9 Å². The van der Waals surface area contributed by atoms with Gasteiger partial charge in [0.15, 0.2) is 0 Å². The van der Waals surface area contributed by atoms with Gasteiger partial charge in [0.1, 0.15) is 17.1 Å². The van der Waals surface area contributed by atoms with Crippen molar-refractivity contribution >= 4 is 5.91 Å². The molecule has 3 rings (SSSR count). The van der Waals surface area contributed by atoms with Crippen molar-refractivity contribution in [2.75, 3.05) is 33.9 Å². The number of carbonyl (C=O) groups excluding carboxylic acids is 1. The molecule has 0 aliphatic carbocycles. The summed E-state index contributed by atoms with van der Waals surface area (Å²) in [6, 6.07) is 16.1. The number of hydrogen-bond donors (Lipinski definition) is 1. The van der Waals surface area contributed by atoms with Crippen LogP contribution >= 0.6 is 0 Å². The number of aryl methyl sites for hydroxylation is 1. The lowest BCUT2D eigenvalue weighted by Crippen LogP contribution is -2.48. The second-order valence-corrected chi connectivity index (χ2v) is 7.24. The molecule has 2 aromatic rings. The van der Waals surface area contributed by atoms with Gasteiger partial charge in [0, 0.05) is 12.6 Å². The minimum Gasteiger partial charge on any atom is -0.496 e. The number of hydrogen-bond acceptors (Lipinski definition) is 4. The smallest absolute Gasteiger partial charge is 0.259 e. The van der Waals surface area contributed by atoms with Crippen molar-refractivity contribution in [3.05, 3.63) is 59.7 Å². The molecule has 1 amide bonds. The highest BCUT2D eigenvalue weighted by molar-refractivity contribution is 5.99. The molecule has 1 atom stereocenters. The number of benzene rings is 2. The Balaban J connectivity index is 1.54. The van der Waals surface area contributed by atoms with E-state index >= 15 is 0 Å². The third-order valence-electron chi connectivity index (χ3n) is 5.28. The minimum absolute atomic E-state index is 0.134. The lowest BCUT2D eigenvalue weighted by Gasteiger charge is -2.33. The topological polar surface area (TPSA) is 50.8 Å². The Morgan fingerprint density at radius 3 is 2.46 bits per heavy atom. The lowest BCUT2D eigenvalue weighted by atomic mass is 10.0. The van der Waals surface area contributed by atoms with Crippen LogP contribution in [0.4, 0.5) is 0 Å². The number of methoxy groups -OCH3 is 2. The van der Waals surface area contributed by atoms with E-state index < -0.39 is 0 Å². The third kappa shape index (κ3) is 5.26. The molecular formula is C23H30N2O3. The lowest BCUT2D eigenvalue weighted by molar-refractivity contribution is 0.0897. The van der Waals surface area contributed by atoms with Gasteiger partial charge in [-0.1, -0.05) is 36.4 Å². The second-order valence-electron chi connectivity index (χ2n) is 7.24. The van der Waals surface area contributed by atoms with Gasteiger partial charge in [-0.2, -0.15) is 0 Å². The Morgan fingerprint density at radius 1 is 1.07 bits per heavy atom. The maximum absolute atomic E-state index is 12.9. The van der Waals surface area contributed by atoms with Crippen LogP contribution < -0.4 is 14.8 Å². The predicted octanol–water partition coefficient (Wildman–Crippen LogP) is 3.53. The molecule has 5 heteroatoms. The van der Waals surface area contributed by atoms with Gasteiger partial charge in [-0.15, -0.1) is 0 Å². The maximum Gasteiger partial charge on any atom is 0.259 e. The molecule has 1 saturated heterocycles. The molecule has 2 aromatic carbocycles. The van der Waals surface area contributed by atoms with Crippen molar-refractivity contribution in [2.24, 2.45) is 0 Å². The van der Waals surface area contributed by atoms with Crippen molar-refractivity contribution in [1.82, 2.24) is 10.2 Å². The van der Waals surface area contributed by atoms with Gasteiger partial charge in [0.2, 0.25) is 0 Å². The van der Waals surface area contributed by atoms with Crippen molar-refractivity contribution in [1.29, 1.82) is 0 Å². The van der Waals surface area contributed by atoms with E-state index in [4.69, 9.17) is 9.47 Å². The molecule has 0 spiro atoms. The SMILES string of the molecule is COc1cccc(OC)c1C(=O)NC1CCCN(CCCc2ccccc2)C1. The van der Waals surface area contributed by atoms with Gasteiger partial charge >= 0.3 is 0 Å².